The molecule has 130 valence electrons. The number of rotatable bonds is 7. The first-order valence-corrected chi connectivity index (χ1v) is 8.91. The average Bonchev–Trinajstić information content (AvgIpc) is 2.62. The van der Waals surface area contributed by atoms with Crippen molar-refractivity contribution in [3.05, 3.63) is 42.5 Å². The second kappa shape index (κ2) is 8.47. The summed E-state index contributed by atoms with van der Waals surface area (Å²) in [7, 11) is 0. The van der Waals surface area contributed by atoms with Gasteiger partial charge in [-0.15, -0.1) is 0 Å². The van der Waals surface area contributed by atoms with Crippen molar-refractivity contribution in [2.24, 2.45) is 0 Å². The SMILES string of the molecule is OCC[C@H]1CCCCN1C[C@H](O)COc1ccc2ccccc2c1. The van der Waals surface area contributed by atoms with Gasteiger partial charge in [-0.05, 0) is 48.7 Å². The van der Waals surface area contributed by atoms with Crippen LogP contribution < -0.4 is 4.74 Å². The van der Waals surface area contributed by atoms with Crippen LogP contribution in [0.4, 0.5) is 0 Å². The predicted molar refractivity (Wildman–Crippen MR) is 96.4 cm³/mol. The standard InChI is InChI=1S/C20H27NO3/c22-12-10-18-7-3-4-11-21(18)14-19(23)15-24-20-9-8-16-5-1-2-6-17(16)13-20/h1-2,5-6,8-9,13,18-19,22-23H,3-4,7,10-12,14-15H2/t18-,19+/m1/s1. The number of ether oxygens (including phenoxy) is 1. The van der Waals surface area contributed by atoms with E-state index in [1.54, 1.807) is 0 Å². The molecule has 1 aliphatic rings. The fourth-order valence-electron chi connectivity index (χ4n) is 3.55. The molecule has 3 rings (SSSR count). The third-order valence-corrected chi connectivity index (χ3v) is 4.82. The number of hydrogen-bond acceptors (Lipinski definition) is 4. The van der Waals surface area contributed by atoms with E-state index in [2.05, 4.69) is 17.0 Å². The molecule has 0 saturated carbocycles. The second-order valence-electron chi connectivity index (χ2n) is 6.63. The predicted octanol–water partition coefficient (Wildman–Crippen LogP) is 2.82. The van der Waals surface area contributed by atoms with Crippen LogP contribution in [0.2, 0.25) is 0 Å². The third kappa shape index (κ3) is 4.47. The van der Waals surface area contributed by atoms with Gasteiger partial charge in [0.15, 0.2) is 0 Å². The minimum Gasteiger partial charge on any atom is -0.491 e. The summed E-state index contributed by atoms with van der Waals surface area (Å²) in [6.07, 6.45) is 3.76. The molecule has 0 amide bonds. The first-order chi connectivity index (χ1) is 11.8. The zero-order chi connectivity index (χ0) is 16.8. The van der Waals surface area contributed by atoms with Gasteiger partial charge in [-0.2, -0.15) is 0 Å². The summed E-state index contributed by atoms with van der Waals surface area (Å²) < 4.78 is 5.79. The number of aliphatic hydroxyl groups excluding tert-OH is 2. The molecule has 2 aromatic carbocycles. The smallest absolute Gasteiger partial charge is 0.120 e. The van der Waals surface area contributed by atoms with Crippen molar-refractivity contribution in [1.82, 2.24) is 4.90 Å². The summed E-state index contributed by atoms with van der Waals surface area (Å²) in [6, 6.07) is 14.6. The molecule has 24 heavy (non-hydrogen) atoms. The van der Waals surface area contributed by atoms with Crippen LogP contribution in [0, 0.1) is 0 Å². The molecule has 1 aliphatic heterocycles. The van der Waals surface area contributed by atoms with E-state index in [-0.39, 0.29) is 6.61 Å². The van der Waals surface area contributed by atoms with E-state index in [1.165, 1.54) is 18.2 Å². The molecule has 0 unspecified atom stereocenters. The first kappa shape index (κ1) is 17.2. The van der Waals surface area contributed by atoms with Crippen LogP contribution in [0.3, 0.4) is 0 Å². The molecule has 4 nitrogen and oxygen atoms in total. The lowest BCUT2D eigenvalue weighted by Crippen LogP contribution is -2.45. The van der Waals surface area contributed by atoms with Crippen molar-refractivity contribution in [3.63, 3.8) is 0 Å². The summed E-state index contributed by atoms with van der Waals surface area (Å²) >= 11 is 0. The average molecular weight is 329 g/mol. The Morgan fingerprint density at radius 3 is 2.79 bits per heavy atom. The second-order valence-corrected chi connectivity index (χ2v) is 6.63. The summed E-state index contributed by atoms with van der Waals surface area (Å²) in [4.78, 5) is 2.30. The number of β-amino-alcohol motifs (C(OH)–C–C–N with tert-alkyl or cyclic N) is 1. The maximum absolute atomic E-state index is 10.3. The Labute approximate surface area is 143 Å². The highest BCUT2D eigenvalue weighted by atomic mass is 16.5. The van der Waals surface area contributed by atoms with E-state index < -0.39 is 6.10 Å². The maximum Gasteiger partial charge on any atom is 0.120 e. The number of nitrogens with zero attached hydrogens (tertiary/aromatic N) is 1. The highest BCUT2D eigenvalue weighted by Crippen LogP contribution is 2.22. The van der Waals surface area contributed by atoms with Crippen LogP contribution >= 0.6 is 0 Å². The number of aliphatic hydroxyl groups is 2. The number of piperidine rings is 1. The zero-order valence-electron chi connectivity index (χ0n) is 14.1. The Balaban J connectivity index is 1.53. The van der Waals surface area contributed by atoms with Crippen molar-refractivity contribution >= 4 is 10.8 Å². The fraction of sp³-hybridized carbons (Fsp3) is 0.500. The Morgan fingerprint density at radius 2 is 1.96 bits per heavy atom. The number of fused-ring (bicyclic) bond motifs is 1. The minimum atomic E-state index is -0.518. The molecule has 4 heteroatoms. The molecule has 0 radical (unpaired) electrons. The van der Waals surface area contributed by atoms with E-state index in [4.69, 9.17) is 4.74 Å². The fourth-order valence-corrected chi connectivity index (χ4v) is 3.55. The molecule has 2 atom stereocenters. The van der Waals surface area contributed by atoms with Gasteiger partial charge in [-0.3, -0.25) is 4.90 Å². The molecular weight excluding hydrogens is 302 g/mol. The lowest BCUT2D eigenvalue weighted by molar-refractivity contribution is 0.0332. The van der Waals surface area contributed by atoms with Gasteiger partial charge in [0.2, 0.25) is 0 Å². The molecule has 0 aromatic heterocycles. The van der Waals surface area contributed by atoms with Crippen LogP contribution in [0.1, 0.15) is 25.7 Å². The lowest BCUT2D eigenvalue weighted by Gasteiger charge is -2.36. The van der Waals surface area contributed by atoms with Crippen LogP contribution in [-0.2, 0) is 0 Å². The number of likely N-dealkylation sites (tertiary alicyclic amines) is 1. The van der Waals surface area contributed by atoms with Gasteiger partial charge in [0, 0.05) is 19.2 Å². The normalized spacial score (nSPS) is 20.2. The van der Waals surface area contributed by atoms with Crippen molar-refractivity contribution in [2.75, 3.05) is 26.3 Å². The van der Waals surface area contributed by atoms with Gasteiger partial charge in [-0.1, -0.05) is 36.8 Å². The molecule has 1 fully saturated rings. The Hall–Kier alpha value is -1.62. The van der Waals surface area contributed by atoms with Crippen LogP contribution in [0.15, 0.2) is 42.5 Å². The summed E-state index contributed by atoms with van der Waals surface area (Å²) in [6.45, 7) is 2.11. The molecule has 2 aromatic rings. The van der Waals surface area contributed by atoms with Crippen molar-refractivity contribution in [3.8, 4) is 5.75 Å². The Bertz CT molecular complexity index is 644. The van der Waals surface area contributed by atoms with Gasteiger partial charge >= 0.3 is 0 Å². The van der Waals surface area contributed by atoms with E-state index in [0.29, 0.717) is 19.2 Å². The summed E-state index contributed by atoms with van der Waals surface area (Å²) in [5.74, 6) is 0.790. The van der Waals surface area contributed by atoms with Gasteiger partial charge in [0.25, 0.3) is 0 Å². The van der Waals surface area contributed by atoms with Gasteiger partial charge in [0.1, 0.15) is 18.5 Å². The zero-order valence-corrected chi connectivity index (χ0v) is 14.1. The minimum absolute atomic E-state index is 0.213. The molecule has 0 aliphatic carbocycles. The van der Waals surface area contributed by atoms with E-state index in [0.717, 1.165) is 30.5 Å². The number of benzene rings is 2. The van der Waals surface area contributed by atoms with E-state index in [9.17, 15) is 10.2 Å². The largest absolute Gasteiger partial charge is 0.491 e. The third-order valence-electron chi connectivity index (χ3n) is 4.82. The highest BCUT2D eigenvalue weighted by Gasteiger charge is 2.24. The Morgan fingerprint density at radius 1 is 1.12 bits per heavy atom. The molecule has 1 saturated heterocycles. The van der Waals surface area contributed by atoms with Crippen molar-refractivity contribution in [1.29, 1.82) is 0 Å². The van der Waals surface area contributed by atoms with Gasteiger partial charge < -0.3 is 14.9 Å². The van der Waals surface area contributed by atoms with Crippen molar-refractivity contribution in [2.45, 2.75) is 37.8 Å². The Kier molecular flexibility index (Phi) is 6.07. The lowest BCUT2D eigenvalue weighted by atomic mass is 9.99. The molecule has 0 bridgehead atoms. The maximum atomic E-state index is 10.3. The van der Waals surface area contributed by atoms with Crippen LogP contribution in [-0.4, -0.2) is 53.6 Å². The molecule has 2 N–H and O–H groups in total. The first-order valence-electron chi connectivity index (χ1n) is 8.91. The van der Waals surface area contributed by atoms with Gasteiger partial charge in [-0.25, -0.2) is 0 Å². The summed E-state index contributed by atoms with van der Waals surface area (Å²) in [5.41, 5.74) is 0. The highest BCUT2D eigenvalue weighted by molar-refractivity contribution is 5.83. The molecular formula is C20H27NO3. The molecule has 0 spiro atoms. The number of hydrogen-bond donors (Lipinski definition) is 2. The molecule has 1 heterocycles. The quantitative estimate of drug-likeness (QED) is 0.820. The topological polar surface area (TPSA) is 52.9 Å². The van der Waals surface area contributed by atoms with Crippen LogP contribution in [0.5, 0.6) is 5.75 Å². The van der Waals surface area contributed by atoms with Crippen LogP contribution in [0.25, 0.3) is 10.8 Å². The van der Waals surface area contributed by atoms with E-state index >= 15 is 0 Å². The summed E-state index contributed by atoms with van der Waals surface area (Å²) in [5, 5.41) is 21.9. The van der Waals surface area contributed by atoms with Gasteiger partial charge in [0.05, 0.1) is 0 Å². The van der Waals surface area contributed by atoms with E-state index in [1.807, 2.05) is 30.3 Å². The van der Waals surface area contributed by atoms with Crippen molar-refractivity contribution < 1.29 is 14.9 Å². The monoisotopic (exact) mass is 329 g/mol.